The minimum atomic E-state index is -0.253. The van der Waals surface area contributed by atoms with Crippen molar-refractivity contribution in [2.75, 3.05) is 13.1 Å². The lowest BCUT2D eigenvalue weighted by atomic mass is 9.97. The number of nitrogens with zero attached hydrogens (tertiary/aromatic N) is 3. The zero-order valence-corrected chi connectivity index (χ0v) is 15.8. The van der Waals surface area contributed by atoms with Crippen LogP contribution in [0.1, 0.15) is 52.2 Å². The van der Waals surface area contributed by atoms with Crippen molar-refractivity contribution in [1.29, 1.82) is 0 Å². The summed E-state index contributed by atoms with van der Waals surface area (Å²) in [6.07, 6.45) is 4.12. The Labute approximate surface area is 163 Å². The molecule has 1 aromatic carbocycles. The van der Waals surface area contributed by atoms with E-state index in [1.54, 1.807) is 24.4 Å². The fraction of sp³-hybridized carbons (Fsp3) is 0.318. The maximum Gasteiger partial charge on any atom is 0.272 e. The summed E-state index contributed by atoms with van der Waals surface area (Å²) in [5.74, 6) is 1.17. The van der Waals surface area contributed by atoms with E-state index in [0.29, 0.717) is 31.1 Å². The van der Waals surface area contributed by atoms with Gasteiger partial charge in [0.05, 0.1) is 12.1 Å². The number of pyridine rings is 1. The normalized spacial score (nSPS) is 16.9. The van der Waals surface area contributed by atoms with Crippen LogP contribution in [-0.4, -0.2) is 33.9 Å². The van der Waals surface area contributed by atoms with Gasteiger partial charge in [0.25, 0.3) is 5.91 Å². The highest BCUT2D eigenvalue weighted by atomic mass is 19.1. The number of piperidine rings is 1. The molecule has 2 aromatic heterocycles. The summed E-state index contributed by atoms with van der Waals surface area (Å²) in [4.78, 5) is 23.4. The Morgan fingerprint density at radius 1 is 1.25 bits per heavy atom. The van der Waals surface area contributed by atoms with Gasteiger partial charge in [-0.25, -0.2) is 14.4 Å². The van der Waals surface area contributed by atoms with Crippen molar-refractivity contribution >= 4 is 5.91 Å². The van der Waals surface area contributed by atoms with Gasteiger partial charge in [0.1, 0.15) is 17.3 Å². The van der Waals surface area contributed by atoms with E-state index in [0.717, 1.165) is 29.9 Å². The highest BCUT2D eigenvalue weighted by Crippen LogP contribution is 2.28. The van der Waals surface area contributed by atoms with Gasteiger partial charge in [-0.15, -0.1) is 0 Å². The summed E-state index contributed by atoms with van der Waals surface area (Å²) in [5.41, 5.74) is 2.28. The van der Waals surface area contributed by atoms with E-state index < -0.39 is 0 Å². The van der Waals surface area contributed by atoms with Crippen molar-refractivity contribution in [1.82, 2.24) is 14.9 Å². The number of aryl methyl sites for hydroxylation is 1. The van der Waals surface area contributed by atoms with E-state index in [2.05, 4.69) is 9.97 Å². The number of oxazole rings is 1. The molecule has 1 amide bonds. The molecule has 28 heavy (non-hydrogen) atoms. The molecule has 1 fully saturated rings. The maximum absolute atomic E-state index is 13.0. The van der Waals surface area contributed by atoms with Gasteiger partial charge in [0.2, 0.25) is 0 Å². The van der Waals surface area contributed by atoms with Crippen molar-refractivity contribution in [2.24, 2.45) is 0 Å². The molecule has 3 heterocycles. The molecule has 5 nitrogen and oxygen atoms in total. The van der Waals surface area contributed by atoms with E-state index >= 15 is 0 Å². The number of carbonyl (C=O) groups is 1. The molecule has 1 saturated heterocycles. The Kier molecular flexibility index (Phi) is 5.19. The third kappa shape index (κ3) is 4.11. The monoisotopic (exact) mass is 379 g/mol. The van der Waals surface area contributed by atoms with Gasteiger partial charge in [-0.3, -0.25) is 4.79 Å². The minimum absolute atomic E-state index is 0.0495. The van der Waals surface area contributed by atoms with Crippen LogP contribution in [0, 0.1) is 12.7 Å². The van der Waals surface area contributed by atoms with Crippen LogP contribution in [-0.2, 0) is 6.42 Å². The lowest BCUT2D eigenvalue weighted by Gasteiger charge is -2.31. The minimum Gasteiger partial charge on any atom is -0.445 e. The second-order valence-electron chi connectivity index (χ2n) is 7.22. The zero-order valence-electron chi connectivity index (χ0n) is 15.8. The molecule has 0 spiro atoms. The molecule has 3 aromatic rings. The van der Waals surface area contributed by atoms with Crippen molar-refractivity contribution in [2.45, 2.75) is 32.1 Å². The Bertz CT molecular complexity index is 968. The number of benzene rings is 1. The van der Waals surface area contributed by atoms with Crippen LogP contribution in [0.4, 0.5) is 4.39 Å². The van der Waals surface area contributed by atoms with Crippen LogP contribution < -0.4 is 0 Å². The Morgan fingerprint density at radius 2 is 2.07 bits per heavy atom. The van der Waals surface area contributed by atoms with Crippen LogP contribution in [0.2, 0.25) is 0 Å². The van der Waals surface area contributed by atoms with Gasteiger partial charge < -0.3 is 9.32 Å². The van der Waals surface area contributed by atoms with Gasteiger partial charge in [0, 0.05) is 25.2 Å². The van der Waals surface area contributed by atoms with Gasteiger partial charge in [-0.05, 0) is 49.6 Å². The van der Waals surface area contributed by atoms with E-state index in [-0.39, 0.29) is 17.6 Å². The SMILES string of the molecule is Cc1cccc(C(=O)N2CCC[C@@H](c3ncc(Cc4ccc(F)cc4)o3)C2)n1. The standard InChI is InChI=1S/C22H22FN3O2/c1-15-4-2-6-20(25-15)22(27)26-11-3-5-17(14-26)21-24-13-19(28-21)12-16-7-9-18(23)10-8-16/h2,4,6-10,13,17H,3,5,11-12,14H2,1H3/t17-/m1/s1. The lowest BCUT2D eigenvalue weighted by Crippen LogP contribution is -2.39. The number of rotatable bonds is 4. The van der Waals surface area contributed by atoms with Gasteiger partial charge >= 0.3 is 0 Å². The van der Waals surface area contributed by atoms with Gasteiger partial charge in [-0.1, -0.05) is 18.2 Å². The molecule has 1 aliphatic rings. The molecule has 4 rings (SSSR count). The van der Waals surface area contributed by atoms with Crippen LogP contribution in [0.5, 0.6) is 0 Å². The lowest BCUT2D eigenvalue weighted by molar-refractivity contribution is 0.0691. The van der Waals surface area contributed by atoms with Crippen molar-refractivity contribution < 1.29 is 13.6 Å². The second-order valence-corrected chi connectivity index (χ2v) is 7.22. The third-order valence-electron chi connectivity index (χ3n) is 5.03. The number of hydrogen-bond acceptors (Lipinski definition) is 4. The average molecular weight is 379 g/mol. The number of likely N-dealkylation sites (tertiary alicyclic amines) is 1. The topological polar surface area (TPSA) is 59.2 Å². The average Bonchev–Trinajstić information content (AvgIpc) is 3.18. The smallest absolute Gasteiger partial charge is 0.272 e. The molecule has 0 unspecified atom stereocenters. The van der Waals surface area contributed by atoms with Crippen molar-refractivity contribution in [3.8, 4) is 0 Å². The van der Waals surface area contributed by atoms with Crippen LogP contribution in [0.15, 0.2) is 53.1 Å². The summed E-state index contributed by atoms with van der Waals surface area (Å²) in [7, 11) is 0. The first-order valence-electron chi connectivity index (χ1n) is 9.50. The molecule has 0 saturated carbocycles. The van der Waals surface area contributed by atoms with Crippen molar-refractivity contribution in [3.63, 3.8) is 0 Å². The number of halogens is 1. The van der Waals surface area contributed by atoms with Crippen LogP contribution >= 0.6 is 0 Å². The van der Waals surface area contributed by atoms with E-state index in [1.807, 2.05) is 24.0 Å². The van der Waals surface area contributed by atoms with Crippen LogP contribution in [0.3, 0.4) is 0 Å². The van der Waals surface area contributed by atoms with E-state index in [4.69, 9.17) is 4.42 Å². The predicted octanol–water partition coefficient (Wildman–Crippen LogP) is 4.13. The number of hydrogen-bond donors (Lipinski definition) is 0. The van der Waals surface area contributed by atoms with Gasteiger partial charge in [-0.2, -0.15) is 0 Å². The summed E-state index contributed by atoms with van der Waals surface area (Å²) >= 11 is 0. The fourth-order valence-corrected chi connectivity index (χ4v) is 3.58. The quantitative estimate of drug-likeness (QED) is 0.684. The highest BCUT2D eigenvalue weighted by molar-refractivity contribution is 5.92. The Balaban J connectivity index is 1.44. The molecular formula is C22H22FN3O2. The Morgan fingerprint density at radius 3 is 2.86 bits per heavy atom. The summed E-state index contributed by atoms with van der Waals surface area (Å²) in [6, 6.07) is 11.9. The van der Waals surface area contributed by atoms with Crippen LogP contribution in [0.25, 0.3) is 0 Å². The second kappa shape index (κ2) is 7.92. The first-order chi connectivity index (χ1) is 13.6. The molecule has 144 valence electrons. The molecule has 0 N–H and O–H groups in total. The molecule has 6 heteroatoms. The molecule has 1 atom stereocenters. The van der Waals surface area contributed by atoms with Gasteiger partial charge in [0.15, 0.2) is 5.89 Å². The van der Waals surface area contributed by atoms with E-state index in [9.17, 15) is 9.18 Å². The summed E-state index contributed by atoms with van der Waals surface area (Å²) < 4.78 is 19.0. The first kappa shape index (κ1) is 18.3. The largest absolute Gasteiger partial charge is 0.445 e. The molecule has 0 aliphatic carbocycles. The van der Waals surface area contributed by atoms with E-state index in [1.165, 1.54) is 12.1 Å². The first-order valence-corrected chi connectivity index (χ1v) is 9.50. The third-order valence-corrected chi connectivity index (χ3v) is 5.03. The highest BCUT2D eigenvalue weighted by Gasteiger charge is 2.29. The zero-order chi connectivity index (χ0) is 19.5. The number of amides is 1. The Hall–Kier alpha value is -3.02. The number of carbonyl (C=O) groups excluding carboxylic acids is 1. The fourth-order valence-electron chi connectivity index (χ4n) is 3.58. The number of aromatic nitrogens is 2. The van der Waals surface area contributed by atoms with Crippen molar-refractivity contribution in [3.05, 3.63) is 83.1 Å². The molecule has 1 aliphatic heterocycles. The molecular weight excluding hydrogens is 357 g/mol. The predicted molar refractivity (Wildman–Crippen MR) is 103 cm³/mol. The summed E-state index contributed by atoms with van der Waals surface area (Å²) in [6.45, 7) is 3.17. The summed E-state index contributed by atoms with van der Waals surface area (Å²) in [5, 5.41) is 0. The molecule has 0 radical (unpaired) electrons. The maximum atomic E-state index is 13.0. The molecule has 0 bridgehead atoms.